The van der Waals surface area contributed by atoms with Crippen LogP contribution in [0.3, 0.4) is 0 Å². The predicted molar refractivity (Wildman–Crippen MR) is 72.2 cm³/mol. The fourth-order valence-electron chi connectivity index (χ4n) is 2.70. The first-order valence-electron chi connectivity index (χ1n) is 6.49. The largest absolute Gasteiger partial charge is 0.459 e. The number of pyridine rings is 1. The highest BCUT2D eigenvalue weighted by molar-refractivity contribution is 5.92. The van der Waals surface area contributed by atoms with Gasteiger partial charge in [0.05, 0.1) is 12.8 Å². The van der Waals surface area contributed by atoms with E-state index in [0.717, 1.165) is 25.0 Å². The summed E-state index contributed by atoms with van der Waals surface area (Å²) < 4.78 is 6.85. The summed E-state index contributed by atoms with van der Waals surface area (Å²) in [7, 11) is 0. The van der Waals surface area contributed by atoms with Gasteiger partial charge in [-0.05, 0) is 30.9 Å². The molecule has 0 aliphatic heterocycles. The molecule has 1 aliphatic rings. The molecule has 104 valence electrons. The quantitative estimate of drug-likeness (QED) is 0.486. The summed E-state index contributed by atoms with van der Waals surface area (Å²) in [4.78, 5) is 23.6. The molecule has 6 nitrogen and oxygen atoms in total. The molecule has 0 radical (unpaired) electrons. The van der Waals surface area contributed by atoms with Crippen LogP contribution in [0.25, 0.3) is 0 Å². The van der Waals surface area contributed by atoms with Crippen molar-refractivity contribution in [1.29, 1.82) is 0 Å². The molecule has 0 bridgehead atoms. The van der Waals surface area contributed by atoms with Crippen LogP contribution in [0.5, 0.6) is 0 Å². The summed E-state index contributed by atoms with van der Waals surface area (Å²) in [6, 6.07) is 5.16. The Morgan fingerprint density at radius 2 is 2.20 bits per heavy atom. The molecular formula is C14H15N3O3. The number of hydrogen-bond acceptors (Lipinski definition) is 4. The first-order chi connectivity index (χ1) is 9.70. The lowest BCUT2D eigenvalue weighted by Crippen LogP contribution is -2.31. The van der Waals surface area contributed by atoms with Crippen LogP contribution in [-0.2, 0) is 19.4 Å². The van der Waals surface area contributed by atoms with E-state index in [0.29, 0.717) is 12.1 Å². The minimum absolute atomic E-state index is 0.0639. The standard InChI is InChI=1S/C14H15N3O3/c15-16-14(19)13-10(6-7-20-13)8-17-11-3-1-2-9(11)4-5-12(17)18/h4-7H,1-3,8,15H2,(H,16,19). The van der Waals surface area contributed by atoms with E-state index in [4.69, 9.17) is 10.3 Å². The smallest absolute Gasteiger partial charge is 0.301 e. The highest BCUT2D eigenvalue weighted by Crippen LogP contribution is 2.21. The number of carbonyl (C=O) groups excluding carboxylic acids is 1. The minimum atomic E-state index is -0.495. The maximum atomic E-state index is 12.1. The zero-order valence-electron chi connectivity index (χ0n) is 10.9. The lowest BCUT2D eigenvalue weighted by Gasteiger charge is -2.11. The molecule has 6 heteroatoms. The number of aromatic nitrogens is 1. The number of carbonyl (C=O) groups is 1. The van der Waals surface area contributed by atoms with Crippen molar-refractivity contribution < 1.29 is 9.21 Å². The molecule has 0 saturated heterocycles. The molecule has 2 heterocycles. The highest BCUT2D eigenvalue weighted by Gasteiger charge is 2.19. The summed E-state index contributed by atoms with van der Waals surface area (Å²) in [6.45, 7) is 0.321. The Kier molecular flexibility index (Phi) is 3.15. The topological polar surface area (TPSA) is 90.3 Å². The number of hydrazine groups is 1. The first kappa shape index (κ1) is 12.7. The molecule has 2 aromatic rings. The van der Waals surface area contributed by atoms with Gasteiger partial charge in [-0.15, -0.1) is 0 Å². The van der Waals surface area contributed by atoms with Crippen molar-refractivity contribution in [2.75, 3.05) is 0 Å². The number of nitrogens with zero attached hydrogens (tertiary/aromatic N) is 1. The Morgan fingerprint density at radius 3 is 3.00 bits per heavy atom. The summed E-state index contributed by atoms with van der Waals surface area (Å²) in [6.07, 6.45) is 4.37. The van der Waals surface area contributed by atoms with Crippen LogP contribution >= 0.6 is 0 Å². The second-order valence-corrected chi connectivity index (χ2v) is 4.83. The van der Waals surface area contributed by atoms with E-state index in [1.807, 2.05) is 11.5 Å². The van der Waals surface area contributed by atoms with Gasteiger partial charge in [0.2, 0.25) is 0 Å². The SMILES string of the molecule is NNC(=O)c1occc1Cn1c2c(ccc1=O)CCC2. The number of aryl methyl sites for hydroxylation is 1. The summed E-state index contributed by atoms with van der Waals surface area (Å²) >= 11 is 0. The van der Waals surface area contributed by atoms with Crippen molar-refractivity contribution in [1.82, 2.24) is 9.99 Å². The lowest BCUT2D eigenvalue weighted by atomic mass is 10.2. The predicted octanol–water partition coefficient (Wildman–Crippen LogP) is 0.582. The van der Waals surface area contributed by atoms with Gasteiger partial charge in [0.1, 0.15) is 0 Å². The molecule has 0 saturated carbocycles. The van der Waals surface area contributed by atoms with Crippen molar-refractivity contribution >= 4 is 5.91 Å². The Bertz CT molecular complexity index is 715. The molecule has 3 N–H and O–H groups in total. The third-order valence-electron chi connectivity index (χ3n) is 3.66. The number of amides is 1. The Labute approximate surface area is 115 Å². The molecule has 0 spiro atoms. The van der Waals surface area contributed by atoms with E-state index in [-0.39, 0.29) is 11.3 Å². The average molecular weight is 273 g/mol. The third kappa shape index (κ3) is 2.04. The zero-order chi connectivity index (χ0) is 14.1. The lowest BCUT2D eigenvalue weighted by molar-refractivity contribution is 0.0924. The number of nitrogens with one attached hydrogen (secondary N) is 1. The van der Waals surface area contributed by atoms with Crippen LogP contribution in [-0.4, -0.2) is 10.5 Å². The average Bonchev–Trinajstić information content (AvgIpc) is 3.09. The van der Waals surface area contributed by atoms with E-state index in [2.05, 4.69) is 0 Å². The molecular weight excluding hydrogens is 258 g/mol. The van der Waals surface area contributed by atoms with Crippen molar-refractivity contribution in [2.24, 2.45) is 5.84 Å². The highest BCUT2D eigenvalue weighted by atomic mass is 16.3. The van der Waals surface area contributed by atoms with Gasteiger partial charge in [0.15, 0.2) is 5.76 Å². The van der Waals surface area contributed by atoms with E-state index < -0.39 is 5.91 Å². The first-order valence-corrected chi connectivity index (χ1v) is 6.49. The molecule has 0 fully saturated rings. The minimum Gasteiger partial charge on any atom is -0.459 e. The Balaban J connectivity index is 2.01. The number of nitrogens with two attached hydrogens (primary N) is 1. The van der Waals surface area contributed by atoms with Crippen molar-refractivity contribution in [3.8, 4) is 0 Å². The molecule has 0 unspecified atom stereocenters. The van der Waals surface area contributed by atoms with Crippen LogP contribution in [0.4, 0.5) is 0 Å². The van der Waals surface area contributed by atoms with Gasteiger partial charge in [-0.25, -0.2) is 5.84 Å². The Morgan fingerprint density at radius 1 is 1.35 bits per heavy atom. The van der Waals surface area contributed by atoms with Crippen LogP contribution in [0.1, 0.15) is 33.8 Å². The molecule has 20 heavy (non-hydrogen) atoms. The van der Waals surface area contributed by atoms with E-state index in [9.17, 15) is 9.59 Å². The normalized spacial score (nSPS) is 13.2. The van der Waals surface area contributed by atoms with E-state index >= 15 is 0 Å². The number of rotatable bonds is 3. The number of nitrogen functional groups attached to an aromatic ring is 1. The number of furan rings is 1. The fraction of sp³-hybridized carbons (Fsp3) is 0.286. The second kappa shape index (κ2) is 4.97. The van der Waals surface area contributed by atoms with Gasteiger partial charge in [0, 0.05) is 17.3 Å². The van der Waals surface area contributed by atoms with Gasteiger partial charge < -0.3 is 8.98 Å². The van der Waals surface area contributed by atoms with E-state index in [1.54, 1.807) is 16.7 Å². The van der Waals surface area contributed by atoms with Crippen LogP contribution in [0, 0.1) is 0 Å². The van der Waals surface area contributed by atoms with Crippen LogP contribution in [0.15, 0.2) is 33.7 Å². The molecule has 1 amide bonds. The van der Waals surface area contributed by atoms with Crippen molar-refractivity contribution in [3.63, 3.8) is 0 Å². The van der Waals surface area contributed by atoms with E-state index in [1.165, 1.54) is 11.8 Å². The third-order valence-corrected chi connectivity index (χ3v) is 3.66. The summed E-state index contributed by atoms with van der Waals surface area (Å²) in [5, 5.41) is 0. The maximum absolute atomic E-state index is 12.1. The number of hydrogen-bond donors (Lipinski definition) is 2. The second-order valence-electron chi connectivity index (χ2n) is 4.83. The van der Waals surface area contributed by atoms with Crippen molar-refractivity contribution in [3.05, 3.63) is 57.4 Å². The zero-order valence-corrected chi connectivity index (χ0v) is 10.9. The molecule has 3 rings (SSSR count). The van der Waals surface area contributed by atoms with Crippen LogP contribution < -0.4 is 16.8 Å². The molecule has 2 aromatic heterocycles. The summed E-state index contributed by atoms with van der Waals surface area (Å²) in [5.41, 5.74) is 4.88. The summed E-state index contributed by atoms with van der Waals surface area (Å²) in [5.74, 6) is 4.77. The van der Waals surface area contributed by atoms with Crippen molar-refractivity contribution in [2.45, 2.75) is 25.8 Å². The fourth-order valence-corrected chi connectivity index (χ4v) is 2.70. The monoisotopic (exact) mass is 273 g/mol. The molecule has 0 atom stereocenters. The molecule has 1 aliphatic carbocycles. The van der Waals surface area contributed by atoms with Crippen LogP contribution in [0.2, 0.25) is 0 Å². The van der Waals surface area contributed by atoms with Gasteiger partial charge in [-0.1, -0.05) is 6.07 Å². The van der Waals surface area contributed by atoms with Gasteiger partial charge in [-0.2, -0.15) is 0 Å². The number of fused-ring (bicyclic) bond motifs is 1. The van der Waals surface area contributed by atoms with Gasteiger partial charge >= 0.3 is 5.91 Å². The molecule has 0 aromatic carbocycles. The maximum Gasteiger partial charge on any atom is 0.301 e. The Hall–Kier alpha value is -2.34. The van der Waals surface area contributed by atoms with Gasteiger partial charge in [-0.3, -0.25) is 15.0 Å². The van der Waals surface area contributed by atoms with Gasteiger partial charge in [0.25, 0.3) is 5.56 Å².